The summed E-state index contributed by atoms with van der Waals surface area (Å²) < 4.78 is 43.9. The lowest BCUT2D eigenvalue weighted by Gasteiger charge is -2.18. The number of rotatable bonds is 2. The first-order chi connectivity index (χ1) is 8.02. The predicted molar refractivity (Wildman–Crippen MR) is 55.3 cm³/mol. The van der Waals surface area contributed by atoms with Crippen LogP contribution in [0.5, 0.6) is 0 Å². The number of hydrogen-bond acceptors (Lipinski definition) is 2. The van der Waals surface area contributed by atoms with Crippen LogP contribution >= 0.6 is 0 Å². The lowest BCUT2D eigenvalue weighted by atomic mass is 9.98. The first kappa shape index (κ1) is 12.4. The molecule has 1 aromatic rings. The highest BCUT2D eigenvalue weighted by Gasteiger charge is 2.36. The summed E-state index contributed by atoms with van der Waals surface area (Å²) >= 11 is 0. The van der Waals surface area contributed by atoms with E-state index in [0.29, 0.717) is 13.0 Å². The Morgan fingerprint density at radius 1 is 1.35 bits per heavy atom. The molecule has 1 unspecified atom stereocenters. The van der Waals surface area contributed by atoms with E-state index in [1.165, 1.54) is 12.1 Å². The summed E-state index contributed by atoms with van der Waals surface area (Å²) in [6, 6.07) is 3.91. The van der Waals surface area contributed by atoms with Gasteiger partial charge in [-0.25, -0.2) is 0 Å². The van der Waals surface area contributed by atoms with E-state index in [2.05, 4.69) is 0 Å². The Kier molecular flexibility index (Phi) is 3.40. The fourth-order valence-corrected chi connectivity index (χ4v) is 2.05. The SMILES string of the molecule is OCc1ccc(C2CCCO2)c(C(F)(F)F)c1. The summed E-state index contributed by atoms with van der Waals surface area (Å²) in [5.74, 6) is 0. The Labute approximate surface area is 97.0 Å². The zero-order valence-corrected chi connectivity index (χ0v) is 9.13. The lowest BCUT2D eigenvalue weighted by Crippen LogP contribution is -2.12. The topological polar surface area (TPSA) is 29.5 Å². The van der Waals surface area contributed by atoms with Gasteiger partial charge in [-0.2, -0.15) is 13.2 Å². The highest BCUT2D eigenvalue weighted by molar-refractivity contribution is 5.36. The standard InChI is InChI=1S/C12H13F3O2/c13-12(14,15)10-6-8(7-16)3-4-9(10)11-2-1-5-17-11/h3-4,6,11,16H,1-2,5,7H2. The molecule has 0 saturated carbocycles. The van der Waals surface area contributed by atoms with E-state index in [-0.39, 0.29) is 11.1 Å². The van der Waals surface area contributed by atoms with Gasteiger partial charge in [-0.1, -0.05) is 12.1 Å². The molecule has 1 aliphatic rings. The number of hydrogen-bond donors (Lipinski definition) is 1. The van der Waals surface area contributed by atoms with E-state index in [1.54, 1.807) is 0 Å². The van der Waals surface area contributed by atoms with Gasteiger partial charge < -0.3 is 9.84 Å². The van der Waals surface area contributed by atoms with E-state index in [4.69, 9.17) is 9.84 Å². The molecular formula is C12H13F3O2. The molecule has 0 bridgehead atoms. The van der Waals surface area contributed by atoms with Crippen molar-refractivity contribution in [1.29, 1.82) is 0 Å². The van der Waals surface area contributed by atoms with Gasteiger partial charge in [0.25, 0.3) is 0 Å². The molecule has 1 N–H and O–H groups in total. The second kappa shape index (κ2) is 4.66. The van der Waals surface area contributed by atoms with Gasteiger partial charge in [0.05, 0.1) is 18.3 Å². The third-order valence-electron chi connectivity index (χ3n) is 2.88. The van der Waals surface area contributed by atoms with Crippen LogP contribution in [0.4, 0.5) is 13.2 Å². The number of aliphatic hydroxyl groups excluding tert-OH is 1. The minimum absolute atomic E-state index is 0.173. The Bertz CT molecular complexity index is 395. The average molecular weight is 246 g/mol. The van der Waals surface area contributed by atoms with Crippen LogP contribution < -0.4 is 0 Å². The largest absolute Gasteiger partial charge is 0.416 e. The van der Waals surface area contributed by atoms with Gasteiger partial charge >= 0.3 is 6.18 Å². The van der Waals surface area contributed by atoms with E-state index < -0.39 is 24.5 Å². The molecule has 0 aliphatic carbocycles. The van der Waals surface area contributed by atoms with Gasteiger partial charge in [-0.3, -0.25) is 0 Å². The molecule has 0 spiro atoms. The van der Waals surface area contributed by atoms with Crippen molar-refractivity contribution < 1.29 is 23.0 Å². The lowest BCUT2D eigenvalue weighted by molar-refractivity contribution is -0.139. The normalized spacial score (nSPS) is 20.8. The molecule has 17 heavy (non-hydrogen) atoms. The summed E-state index contributed by atoms with van der Waals surface area (Å²) in [7, 11) is 0. The summed E-state index contributed by atoms with van der Waals surface area (Å²) in [5.41, 5.74) is -0.262. The van der Waals surface area contributed by atoms with Gasteiger partial charge in [0.1, 0.15) is 0 Å². The maximum absolute atomic E-state index is 12.9. The maximum atomic E-state index is 12.9. The highest BCUT2D eigenvalue weighted by atomic mass is 19.4. The van der Waals surface area contributed by atoms with Crippen LogP contribution in [0.1, 0.15) is 35.6 Å². The zero-order chi connectivity index (χ0) is 12.5. The molecule has 0 radical (unpaired) electrons. The molecule has 94 valence electrons. The molecule has 1 fully saturated rings. The average Bonchev–Trinajstić information content (AvgIpc) is 2.80. The van der Waals surface area contributed by atoms with Crippen molar-refractivity contribution in [2.45, 2.75) is 31.7 Å². The molecule has 1 saturated heterocycles. The minimum Gasteiger partial charge on any atom is -0.392 e. The highest BCUT2D eigenvalue weighted by Crippen LogP contribution is 2.39. The van der Waals surface area contributed by atoms with Crippen LogP contribution in [0.25, 0.3) is 0 Å². The molecule has 2 rings (SSSR count). The molecule has 1 atom stereocenters. The Morgan fingerprint density at radius 3 is 2.65 bits per heavy atom. The molecular weight excluding hydrogens is 233 g/mol. The third-order valence-corrected chi connectivity index (χ3v) is 2.88. The zero-order valence-electron chi connectivity index (χ0n) is 9.13. The smallest absolute Gasteiger partial charge is 0.392 e. The summed E-state index contributed by atoms with van der Waals surface area (Å²) in [6.07, 6.45) is -3.49. The van der Waals surface area contributed by atoms with Gasteiger partial charge in [-0.15, -0.1) is 0 Å². The van der Waals surface area contributed by atoms with Gasteiger partial charge in [-0.05, 0) is 30.0 Å². The summed E-state index contributed by atoms with van der Waals surface area (Å²) in [6.45, 7) is 0.110. The van der Waals surface area contributed by atoms with Crippen LogP contribution in [0, 0.1) is 0 Å². The predicted octanol–water partition coefficient (Wildman–Crippen LogP) is 3.05. The summed E-state index contributed by atoms with van der Waals surface area (Å²) in [5, 5.41) is 8.89. The van der Waals surface area contributed by atoms with E-state index >= 15 is 0 Å². The molecule has 1 aromatic carbocycles. The first-order valence-corrected chi connectivity index (χ1v) is 5.45. The Balaban J connectivity index is 2.42. The molecule has 2 nitrogen and oxygen atoms in total. The van der Waals surface area contributed by atoms with Crippen LogP contribution in [0.15, 0.2) is 18.2 Å². The second-order valence-corrected chi connectivity index (χ2v) is 4.08. The fourth-order valence-electron chi connectivity index (χ4n) is 2.05. The number of ether oxygens (including phenoxy) is 1. The van der Waals surface area contributed by atoms with E-state index in [0.717, 1.165) is 12.5 Å². The molecule has 5 heteroatoms. The van der Waals surface area contributed by atoms with E-state index in [9.17, 15) is 13.2 Å². The van der Waals surface area contributed by atoms with Crippen LogP contribution in [0.2, 0.25) is 0 Å². The second-order valence-electron chi connectivity index (χ2n) is 4.08. The molecule has 1 heterocycles. The molecule has 0 amide bonds. The monoisotopic (exact) mass is 246 g/mol. The number of aliphatic hydroxyl groups is 1. The van der Waals surface area contributed by atoms with Crippen molar-refractivity contribution in [2.75, 3.05) is 6.61 Å². The third kappa shape index (κ3) is 2.61. The van der Waals surface area contributed by atoms with Gasteiger partial charge in [0.15, 0.2) is 0 Å². The van der Waals surface area contributed by atoms with Crippen molar-refractivity contribution >= 4 is 0 Å². The maximum Gasteiger partial charge on any atom is 0.416 e. The summed E-state index contributed by atoms with van der Waals surface area (Å²) in [4.78, 5) is 0. The Morgan fingerprint density at radius 2 is 2.12 bits per heavy atom. The quantitative estimate of drug-likeness (QED) is 0.869. The van der Waals surface area contributed by atoms with Crippen LogP contribution in [-0.4, -0.2) is 11.7 Å². The number of halogens is 3. The van der Waals surface area contributed by atoms with Crippen molar-refractivity contribution in [2.24, 2.45) is 0 Å². The molecule has 1 aliphatic heterocycles. The Hall–Kier alpha value is -1.07. The van der Waals surface area contributed by atoms with Gasteiger partial charge in [0, 0.05) is 6.61 Å². The van der Waals surface area contributed by atoms with E-state index in [1.807, 2.05) is 0 Å². The molecule has 0 aromatic heterocycles. The fraction of sp³-hybridized carbons (Fsp3) is 0.500. The van der Waals surface area contributed by atoms with Gasteiger partial charge in [0.2, 0.25) is 0 Å². The number of alkyl halides is 3. The van der Waals surface area contributed by atoms with Crippen molar-refractivity contribution in [1.82, 2.24) is 0 Å². The van der Waals surface area contributed by atoms with Crippen LogP contribution in [-0.2, 0) is 17.5 Å². The first-order valence-electron chi connectivity index (χ1n) is 5.45. The van der Waals surface area contributed by atoms with Crippen molar-refractivity contribution in [3.8, 4) is 0 Å². The minimum atomic E-state index is -4.41. The van der Waals surface area contributed by atoms with Crippen LogP contribution in [0.3, 0.4) is 0 Å². The van der Waals surface area contributed by atoms with Crippen molar-refractivity contribution in [3.63, 3.8) is 0 Å². The number of benzene rings is 1. The van der Waals surface area contributed by atoms with Crippen molar-refractivity contribution in [3.05, 3.63) is 34.9 Å².